The lowest BCUT2D eigenvalue weighted by molar-refractivity contribution is -0.139. The Morgan fingerprint density at radius 2 is 1.88 bits per heavy atom. The zero-order valence-electron chi connectivity index (χ0n) is 14.0. The number of amides is 1. The standard InChI is InChI=1S/C20H21F2NO2/c21-16-10-8-15(9-11-16)4-3-7-20(24)23-12-13-25-19(14-23)17-5-1-2-6-18(17)22/h1-2,5-6,8-11,19H,3-4,7,12-14H2. The van der Waals surface area contributed by atoms with Crippen molar-refractivity contribution in [2.24, 2.45) is 0 Å². The number of halogens is 2. The average Bonchev–Trinajstić information content (AvgIpc) is 2.64. The van der Waals surface area contributed by atoms with Crippen LogP contribution in [0.15, 0.2) is 48.5 Å². The van der Waals surface area contributed by atoms with Crippen LogP contribution in [0.4, 0.5) is 8.78 Å². The Morgan fingerprint density at radius 1 is 1.12 bits per heavy atom. The highest BCUT2D eigenvalue weighted by Gasteiger charge is 2.26. The predicted molar refractivity (Wildman–Crippen MR) is 91.0 cm³/mol. The van der Waals surface area contributed by atoms with Gasteiger partial charge in [0.25, 0.3) is 0 Å². The molecule has 25 heavy (non-hydrogen) atoms. The summed E-state index contributed by atoms with van der Waals surface area (Å²) >= 11 is 0. The number of aryl methyl sites for hydroxylation is 1. The number of rotatable bonds is 5. The highest BCUT2D eigenvalue weighted by atomic mass is 19.1. The Balaban J connectivity index is 1.51. The number of benzene rings is 2. The van der Waals surface area contributed by atoms with Gasteiger partial charge < -0.3 is 9.64 Å². The minimum absolute atomic E-state index is 0.0479. The molecule has 1 aliphatic rings. The van der Waals surface area contributed by atoms with Crippen molar-refractivity contribution in [3.05, 3.63) is 71.3 Å². The largest absolute Gasteiger partial charge is 0.370 e. The molecule has 1 heterocycles. The third kappa shape index (κ3) is 4.63. The van der Waals surface area contributed by atoms with Gasteiger partial charge in [-0.25, -0.2) is 8.78 Å². The third-order valence-corrected chi connectivity index (χ3v) is 4.44. The molecule has 0 bridgehead atoms. The van der Waals surface area contributed by atoms with Gasteiger partial charge in [-0.3, -0.25) is 4.79 Å². The highest BCUT2D eigenvalue weighted by molar-refractivity contribution is 5.76. The normalized spacial score (nSPS) is 17.5. The second-order valence-corrected chi connectivity index (χ2v) is 6.20. The summed E-state index contributed by atoms with van der Waals surface area (Å²) in [5.74, 6) is -0.516. The molecule has 0 spiro atoms. The fraction of sp³-hybridized carbons (Fsp3) is 0.350. The van der Waals surface area contributed by atoms with Gasteiger partial charge in [-0.15, -0.1) is 0 Å². The first kappa shape index (κ1) is 17.5. The molecule has 2 aromatic carbocycles. The molecule has 1 saturated heterocycles. The van der Waals surface area contributed by atoms with Crippen LogP contribution in [0.2, 0.25) is 0 Å². The summed E-state index contributed by atoms with van der Waals surface area (Å²) in [6, 6.07) is 12.8. The molecule has 3 nitrogen and oxygen atoms in total. The van der Waals surface area contributed by atoms with Crippen molar-refractivity contribution in [1.29, 1.82) is 0 Å². The van der Waals surface area contributed by atoms with E-state index in [0.717, 1.165) is 12.0 Å². The average molecular weight is 345 g/mol. The third-order valence-electron chi connectivity index (χ3n) is 4.44. The van der Waals surface area contributed by atoms with Crippen molar-refractivity contribution in [1.82, 2.24) is 4.90 Å². The topological polar surface area (TPSA) is 29.5 Å². The number of carbonyl (C=O) groups is 1. The first-order valence-electron chi connectivity index (χ1n) is 8.52. The van der Waals surface area contributed by atoms with Crippen molar-refractivity contribution in [2.45, 2.75) is 25.4 Å². The van der Waals surface area contributed by atoms with E-state index in [0.29, 0.717) is 38.1 Å². The monoisotopic (exact) mass is 345 g/mol. The maximum absolute atomic E-state index is 13.9. The van der Waals surface area contributed by atoms with Crippen LogP contribution in [0.1, 0.15) is 30.1 Å². The van der Waals surface area contributed by atoms with Crippen LogP contribution in [0.3, 0.4) is 0 Å². The maximum Gasteiger partial charge on any atom is 0.222 e. The van der Waals surface area contributed by atoms with E-state index in [9.17, 15) is 13.6 Å². The van der Waals surface area contributed by atoms with E-state index < -0.39 is 6.10 Å². The van der Waals surface area contributed by atoms with Crippen molar-refractivity contribution in [3.8, 4) is 0 Å². The Labute approximate surface area is 146 Å². The Bertz CT molecular complexity index is 718. The smallest absolute Gasteiger partial charge is 0.222 e. The van der Waals surface area contributed by atoms with Gasteiger partial charge in [0.15, 0.2) is 0 Å². The molecule has 0 radical (unpaired) electrons. The molecule has 3 rings (SSSR count). The van der Waals surface area contributed by atoms with Gasteiger partial charge in [0.1, 0.15) is 17.7 Å². The lowest BCUT2D eigenvalue weighted by Gasteiger charge is -2.33. The van der Waals surface area contributed by atoms with Crippen molar-refractivity contribution in [2.75, 3.05) is 19.7 Å². The van der Waals surface area contributed by atoms with Crippen LogP contribution < -0.4 is 0 Å². The molecule has 0 aliphatic carbocycles. The molecule has 5 heteroatoms. The van der Waals surface area contributed by atoms with E-state index in [1.54, 1.807) is 35.2 Å². The van der Waals surface area contributed by atoms with Crippen molar-refractivity contribution in [3.63, 3.8) is 0 Å². The molecular formula is C20H21F2NO2. The minimum atomic E-state index is -0.420. The van der Waals surface area contributed by atoms with Gasteiger partial charge in [0, 0.05) is 18.5 Å². The van der Waals surface area contributed by atoms with Gasteiger partial charge in [-0.05, 0) is 36.6 Å². The molecule has 1 atom stereocenters. The molecule has 0 N–H and O–H groups in total. The van der Waals surface area contributed by atoms with Gasteiger partial charge in [-0.1, -0.05) is 30.3 Å². The highest BCUT2D eigenvalue weighted by Crippen LogP contribution is 2.25. The summed E-state index contributed by atoms with van der Waals surface area (Å²) in [5.41, 5.74) is 1.51. The predicted octanol–water partition coefficient (Wildman–Crippen LogP) is 3.89. The molecular weight excluding hydrogens is 324 g/mol. The van der Waals surface area contributed by atoms with Gasteiger partial charge in [0.2, 0.25) is 5.91 Å². The number of morpholine rings is 1. The Morgan fingerprint density at radius 3 is 2.64 bits per heavy atom. The molecule has 2 aromatic rings. The molecule has 0 aromatic heterocycles. The zero-order valence-corrected chi connectivity index (χ0v) is 14.0. The van der Waals surface area contributed by atoms with Crippen LogP contribution in [0.25, 0.3) is 0 Å². The SMILES string of the molecule is O=C(CCCc1ccc(F)cc1)N1CCOC(c2ccccc2F)C1. The van der Waals surface area contributed by atoms with Gasteiger partial charge >= 0.3 is 0 Å². The molecule has 1 aliphatic heterocycles. The number of nitrogens with zero attached hydrogens (tertiary/aromatic N) is 1. The number of ether oxygens (including phenoxy) is 1. The molecule has 132 valence electrons. The van der Waals surface area contributed by atoms with Crippen LogP contribution >= 0.6 is 0 Å². The van der Waals surface area contributed by atoms with Crippen molar-refractivity contribution < 1.29 is 18.3 Å². The molecule has 1 fully saturated rings. The molecule has 0 saturated carbocycles. The summed E-state index contributed by atoms with van der Waals surface area (Å²) in [7, 11) is 0. The lowest BCUT2D eigenvalue weighted by Crippen LogP contribution is -2.42. The van der Waals surface area contributed by atoms with Crippen LogP contribution in [0.5, 0.6) is 0 Å². The fourth-order valence-corrected chi connectivity index (χ4v) is 3.05. The second kappa shape index (κ2) is 8.21. The van der Waals surface area contributed by atoms with E-state index in [2.05, 4.69) is 0 Å². The van der Waals surface area contributed by atoms with Gasteiger partial charge in [-0.2, -0.15) is 0 Å². The van der Waals surface area contributed by atoms with Crippen LogP contribution in [0, 0.1) is 11.6 Å². The summed E-state index contributed by atoms with van der Waals surface area (Å²) in [5, 5.41) is 0. The first-order valence-corrected chi connectivity index (χ1v) is 8.52. The van der Waals surface area contributed by atoms with E-state index in [1.807, 2.05) is 0 Å². The minimum Gasteiger partial charge on any atom is -0.370 e. The zero-order chi connectivity index (χ0) is 17.6. The van der Waals surface area contributed by atoms with Gasteiger partial charge in [0.05, 0.1) is 13.2 Å². The Kier molecular flexibility index (Phi) is 5.76. The molecule has 1 unspecified atom stereocenters. The second-order valence-electron chi connectivity index (χ2n) is 6.20. The van der Waals surface area contributed by atoms with E-state index in [1.165, 1.54) is 18.2 Å². The lowest BCUT2D eigenvalue weighted by atomic mass is 10.1. The summed E-state index contributed by atoms with van der Waals surface area (Å²) < 4.78 is 32.4. The van der Waals surface area contributed by atoms with Crippen molar-refractivity contribution >= 4 is 5.91 Å². The Hall–Kier alpha value is -2.27. The quantitative estimate of drug-likeness (QED) is 0.823. The van der Waals surface area contributed by atoms with Crippen LogP contribution in [-0.2, 0) is 16.0 Å². The van der Waals surface area contributed by atoms with E-state index >= 15 is 0 Å². The molecule has 1 amide bonds. The van der Waals surface area contributed by atoms with E-state index in [4.69, 9.17) is 4.74 Å². The number of hydrogen-bond acceptors (Lipinski definition) is 2. The summed E-state index contributed by atoms with van der Waals surface area (Å²) in [4.78, 5) is 14.2. The van der Waals surface area contributed by atoms with E-state index in [-0.39, 0.29) is 17.5 Å². The fourth-order valence-electron chi connectivity index (χ4n) is 3.05. The summed E-state index contributed by atoms with van der Waals surface area (Å²) in [6.45, 7) is 1.30. The number of carbonyl (C=O) groups excluding carboxylic acids is 1. The summed E-state index contributed by atoms with van der Waals surface area (Å²) in [6.07, 6.45) is 1.43. The maximum atomic E-state index is 13.9. The first-order chi connectivity index (χ1) is 12.1. The number of hydrogen-bond donors (Lipinski definition) is 0. The van der Waals surface area contributed by atoms with Crippen LogP contribution in [-0.4, -0.2) is 30.5 Å².